The van der Waals surface area contributed by atoms with Crippen molar-refractivity contribution in [3.05, 3.63) is 65.7 Å². The molecule has 0 radical (unpaired) electrons. The molecule has 5 nitrogen and oxygen atoms in total. The molecule has 1 saturated heterocycles. The first-order valence-electron chi connectivity index (χ1n) is 10.3. The van der Waals surface area contributed by atoms with Gasteiger partial charge in [0.25, 0.3) is 0 Å². The molecule has 1 aliphatic heterocycles. The van der Waals surface area contributed by atoms with Crippen LogP contribution in [0.4, 0.5) is 4.79 Å². The van der Waals surface area contributed by atoms with E-state index in [2.05, 4.69) is 23.5 Å². The van der Waals surface area contributed by atoms with E-state index in [1.807, 2.05) is 62.1 Å². The molecule has 29 heavy (non-hydrogen) atoms. The Morgan fingerprint density at radius 3 is 2.48 bits per heavy atom. The number of hydrogen-bond acceptors (Lipinski definition) is 4. The third-order valence-corrected chi connectivity index (χ3v) is 5.15. The molecule has 156 valence electrons. The van der Waals surface area contributed by atoms with Crippen LogP contribution in [0.15, 0.2) is 54.6 Å². The fourth-order valence-corrected chi connectivity index (χ4v) is 3.89. The minimum atomic E-state index is -0.518. The van der Waals surface area contributed by atoms with Gasteiger partial charge in [0.05, 0.1) is 13.2 Å². The van der Waals surface area contributed by atoms with Gasteiger partial charge in [-0.15, -0.1) is 0 Å². The molecule has 1 aliphatic rings. The number of methoxy groups -OCH3 is 1. The van der Waals surface area contributed by atoms with E-state index in [-0.39, 0.29) is 18.2 Å². The van der Waals surface area contributed by atoms with Crippen molar-refractivity contribution in [1.29, 1.82) is 0 Å². The number of ether oxygens (including phenoxy) is 2. The summed E-state index contributed by atoms with van der Waals surface area (Å²) in [5.41, 5.74) is 1.71. The van der Waals surface area contributed by atoms with Gasteiger partial charge in [0, 0.05) is 24.7 Å². The first-order chi connectivity index (χ1) is 13.9. The Morgan fingerprint density at radius 2 is 1.79 bits per heavy atom. The molecule has 1 amide bonds. The van der Waals surface area contributed by atoms with E-state index in [1.165, 1.54) is 0 Å². The summed E-state index contributed by atoms with van der Waals surface area (Å²) in [5, 5.41) is 3.68. The van der Waals surface area contributed by atoms with E-state index < -0.39 is 5.60 Å². The molecule has 0 aliphatic carbocycles. The summed E-state index contributed by atoms with van der Waals surface area (Å²) in [6, 6.07) is 18.3. The quantitative estimate of drug-likeness (QED) is 0.779. The van der Waals surface area contributed by atoms with Crippen molar-refractivity contribution in [2.24, 2.45) is 0 Å². The first-order valence-corrected chi connectivity index (χ1v) is 10.3. The summed E-state index contributed by atoms with van der Waals surface area (Å²) >= 11 is 0. The number of likely N-dealkylation sites (tertiary alicyclic amines) is 1. The standard InChI is InChI=1S/C24H32N2O3/c1-24(2,3)29-23(27)26-16-10-14-20(22(26)18-11-6-5-7-12-18)25-17-19-13-8-9-15-21(19)28-4/h5-9,11-13,15,20,22,25H,10,14,16-17H2,1-4H3/t20-,22-/m1/s1. The maximum Gasteiger partial charge on any atom is 0.410 e. The van der Waals surface area contributed by atoms with Crippen LogP contribution in [0.2, 0.25) is 0 Å². The third-order valence-electron chi connectivity index (χ3n) is 5.15. The molecule has 5 heteroatoms. The van der Waals surface area contributed by atoms with E-state index >= 15 is 0 Å². The number of carbonyl (C=O) groups is 1. The number of amides is 1. The second-order valence-corrected chi connectivity index (χ2v) is 8.47. The Morgan fingerprint density at radius 1 is 1.10 bits per heavy atom. The summed E-state index contributed by atoms with van der Waals surface area (Å²) in [6.45, 7) is 7.10. The Kier molecular flexibility index (Phi) is 6.80. The van der Waals surface area contributed by atoms with E-state index in [0.29, 0.717) is 13.1 Å². The smallest absolute Gasteiger partial charge is 0.410 e. The molecule has 2 atom stereocenters. The molecule has 0 bridgehead atoms. The summed E-state index contributed by atoms with van der Waals surface area (Å²) in [4.78, 5) is 14.9. The Hall–Kier alpha value is -2.53. The number of nitrogens with one attached hydrogen (secondary N) is 1. The van der Waals surface area contributed by atoms with Crippen molar-refractivity contribution in [2.45, 2.75) is 57.8 Å². The van der Waals surface area contributed by atoms with Crippen LogP contribution in [-0.2, 0) is 11.3 Å². The second kappa shape index (κ2) is 9.31. The highest BCUT2D eigenvalue weighted by atomic mass is 16.6. The van der Waals surface area contributed by atoms with E-state index in [4.69, 9.17) is 9.47 Å². The molecular formula is C24H32N2O3. The van der Waals surface area contributed by atoms with Crippen LogP contribution < -0.4 is 10.1 Å². The van der Waals surface area contributed by atoms with Crippen molar-refractivity contribution in [2.75, 3.05) is 13.7 Å². The first kappa shape index (κ1) is 21.2. The van der Waals surface area contributed by atoms with Gasteiger partial charge in [-0.05, 0) is 45.2 Å². The van der Waals surface area contributed by atoms with Crippen LogP contribution in [-0.4, -0.2) is 36.3 Å². The fourth-order valence-electron chi connectivity index (χ4n) is 3.89. The molecule has 1 heterocycles. The molecule has 0 unspecified atom stereocenters. The maximum atomic E-state index is 13.0. The zero-order valence-corrected chi connectivity index (χ0v) is 17.9. The minimum Gasteiger partial charge on any atom is -0.496 e. The zero-order chi connectivity index (χ0) is 20.9. The average molecular weight is 397 g/mol. The number of benzene rings is 2. The van der Waals surface area contributed by atoms with Gasteiger partial charge in [0.15, 0.2) is 0 Å². The molecule has 1 fully saturated rings. The highest BCUT2D eigenvalue weighted by molar-refractivity contribution is 5.69. The molecule has 1 N–H and O–H groups in total. The highest BCUT2D eigenvalue weighted by Gasteiger charge is 2.37. The number of carbonyl (C=O) groups excluding carboxylic acids is 1. The Labute approximate surface area is 174 Å². The monoisotopic (exact) mass is 396 g/mol. The van der Waals surface area contributed by atoms with Crippen LogP contribution >= 0.6 is 0 Å². The zero-order valence-electron chi connectivity index (χ0n) is 17.9. The predicted molar refractivity (Wildman–Crippen MR) is 115 cm³/mol. The van der Waals surface area contributed by atoms with Gasteiger partial charge in [-0.3, -0.25) is 4.90 Å². The minimum absolute atomic E-state index is 0.0745. The number of para-hydroxylation sites is 1. The molecule has 0 saturated carbocycles. The lowest BCUT2D eigenvalue weighted by Gasteiger charge is -2.42. The Bertz CT molecular complexity index is 801. The summed E-state index contributed by atoms with van der Waals surface area (Å²) in [5.74, 6) is 0.871. The lowest BCUT2D eigenvalue weighted by Crippen LogP contribution is -2.51. The van der Waals surface area contributed by atoms with Crippen molar-refractivity contribution in [1.82, 2.24) is 10.2 Å². The van der Waals surface area contributed by atoms with Gasteiger partial charge in [-0.1, -0.05) is 48.5 Å². The lowest BCUT2D eigenvalue weighted by molar-refractivity contribution is 0.00380. The van der Waals surface area contributed by atoms with E-state index in [0.717, 1.165) is 29.7 Å². The number of nitrogens with zero attached hydrogens (tertiary/aromatic N) is 1. The predicted octanol–water partition coefficient (Wildman–Crippen LogP) is 4.93. The molecule has 2 aromatic carbocycles. The lowest BCUT2D eigenvalue weighted by atomic mass is 9.90. The van der Waals surface area contributed by atoms with Crippen LogP contribution in [0, 0.1) is 0 Å². The van der Waals surface area contributed by atoms with E-state index in [9.17, 15) is 4.79 Å². The van der Waals surface area contributed by atoms with Crippen LogP contribution in [0.1, 0.15) is 50.8 Å². The van der Waals surface area contributed by atoms with Gasteiger partial charge in [0.2, 0.25) is 0 Å². The van der Waals surface area contributed by atoms with Gasteiger partial charge in [-0.25, -0.2) is 4.79 Å². The van der Waals surface area contributed by atoms with Crippen molar-refractivity contribution in [3.8, 4) is 5.75 Å². The van der Waals surface area contributed by atoms with Crippen LogP contribution in [0.3, 0.4) is 0 Å². The van der Waals surface area contributed by atoms with Crippen molar-refractivity contribution < 1.29 is 14.3 Å². The maximum absolute atomic E-state index is 13.0. The second-order valence-electron chi connectivity index (χ2n) is 8.47. The fraction of sp³-hybridized carbons (Fsp3) is 0.458. The van der Waals surface area contributed by atoms with Crippen LogP contribution in [0.25, 0.3) is 0 Å². The SMILES string of the molecule is COc1ccccc1CN[C@@H]1CCCN(C(=O)OC(C)(C)C)[C@@H]1c1ccccc1. The molecule has 0 aromatic heterocycles. The summed E-state index contributed by atoms with van der Waals surface area (Å²) in [6.07, 6.45) is 1.68. The molecular weight excluding hydrogens is 364 g/mol. The molecule has 2 aromatic rings. The van der Waals surface area contributed by atoms with Gasteiger partial charge < -0.3 is 14.8 Å². The van der Waals surface area contributed by atoms with Crippen LogP contribution in [0.5, 0.6) is 5.75 Å². The average Bonchev–Trinajstić information content (AvgIpc) is 2.71. The van der Waals surface area contributed by atoms with Gasteiger partial charge in [0.1, 0.15) is 11.4 Å². The number of hydrogen-bond donors (Lipinski definition) is 1. The largest absolute Gasteiger partial charge is 0.496 e. The third kappa shape index (κ3) is 5.51. The highest BCUT2D eigenvalue weighted by Crippen LogP contribution is 2.33. The number of piperidine rings is 1. The number of rotatable bonds is 5. The Balaban J connectivity index is 1.83. The van der Waals surface area contributed by atoms with E-state index in [1.54, 1.807) is 7.11 Å². The van der Waals surface area contributed by atoms with Gasteiger partial charge >= 0.3 is 6.09 Å². The van der Waals surface area contributed by atoms with Gasteiger partial charge in [-0.2, -0.15) is 0 Å². The summed E-state index contributed by atoms with van der Waals surface area (Å²) in [7, 11) is 1.69. The molecule has 0 spiro atoms. The summed E-state index contributed by atoms with van der Waals surface area (Å²) < 4.78 is 11.2. The molecule has 3 rings (SSSR count). The topological polar surface area (TPSA) is 50.8 Å². The van der Waals surface area contributed by atoms with Crippen molar-refractivity contribution >= 4 is 6.09 Å². The normalized spacial score (nSPS) is 19.7. The van der Waals surface area contributed by atoms with Crippen molar-refractivity contribution in [3.63, 3.8) is 0 Å².